The molecule has 0 saturated heterocycles. The van der Waals surface area contributed by atoms with Gasteiger partial charge in [0.2, 0.25) is 6.79 Å². The number of H-pyrrole nitrogens is 1. The van der Waals surface area contributed by atoms with Crippen LogP contribution in [0.15, 0.2) is 42.5 Å². The van der Waals surface area contributed by atoms with Crippen LogP contribution in [0.25, 0.3) is 22.5 Å². The summed E-state index contributed by atoms with van der Waals surface area (Å²) >= 11 is 0. The largest absolute Gasteiger partial charge is 0.454 e. The third-order valence-corrected chi connectivity index (χ3v) is 4.17. The summed E-state index contributed by atoms with van der Waals surface area (Å²) in [5.74, 6) is 1.59. The fourth-order valence-electron chi connectivity index (χ4n) is 3.15. The van der Waals surface area contributed by atoms with E-state index < -0.39 is 0 Å². The first-order chi connectivity index (χ1) is 10.4. The lowest BCUT2D eigenvalue weighted by Crippen LogP contribution is -1.92. The molecule has 5 rings (SSSR count). The Labute approximate surface area is 121 Å². The fourth-order valence-corrected chi connectivity index (χ4v) is 3.15. The molecule has 0 radical (unpaired) electrons. The van der Waals surface area contributed by atoms with Crippen LogP contribution in [0.1, 0.15) is 11.1 Å². The molecule has 0 spiro atoms. The Morgan fingerprint density at radius 2 is 1.90 bits per heavy atom. The lowest BCUT2D eigenvalue weighted by atomic mass is 10.1. The van der Waals surface area contributed by atoms with E-state index in [1.54, 1.807) is 0 Å². The second-order valence-corrected chi connectivity index (χ2v) is 5.33. The molecule has 0 amide bonds. The van der Waals surface area contributed by atoms with E-state index in [4.69, 9.17) is 9.47 Å². The molecule has 21 heavy (non-hydrogen) atoms. The van der Waals surface area contributed by atoms with Crippen LogP contribution in [0.3, 0.4) is 0 Å². The molecule has 0 fully saturated rings. The molecule has 0 saturated carbocycles. The van der Waals surface area contributed by atoms with Crippen molar-refractivity contribution in [3.05, 3.63) is 53.6 Å². The van der Waals surface area contributed by atoms with E-state index in [1.165, 1.54) is 16.7 Å². The number of ether oxygens (including phenoxy) is 2. The average molecular weight is 276 g/mol. The number of hydrogen-bond acceptors (Lipinski definition) is 3. The molecule has 1 aliphatic heterocycles. The Bertz CT molecular complexity index is 867. The second kappa shape index (κ2) is 3.88. The van der Waals surface area contributed by atoms with Crippen molar-refractivity contribution in [1.82, 2.24) is 10.2 Å². The maximum Gasteiger partial charge on any atom is 0.231 e. The molecule has 2 heterocycles. The van der Waals surface area contributed by atoms with Crippen LogP contribution in [0, 0.1) is 0 Å². The topological polar surface area (TPSA) is 47.1 Å². The Morgan fingerprint density at radius 1 is 1.00 bits per heavy atom. The van der Waals surface area contributed by atoms with Crippen LogP contribution >= 0.6 is 0 Å². The monoisotopic (exact) mass is 276 g/mol. The van der Waals surface area contributed by atoms with Gasteiger partial charge in [0.1, 0.15) is 0 Å². The van der Waals surface area contributed by atoms with Crippen LogP contribution < -0.4 is 9.47 Å². The number of aromatic nitrogens is 2. The molecule has 2 aliphatic rings. The van der Waals surface area contributed by atoms with E-state index >= 15 is 0 Å². The number of nitrogens with one attached hydrogen (secondary N) is 1. The van der Waals surface area contributed by atoms with E-state index in [0.29, 0.717) is 6.79 Å². The predicted octanol–water partition coefficient (Wildman–Crippen LogP) is 3.38. The summed E-state index contributed by atoms with van der Waals surface area (Å²) in [7, 11) is 0. The minimum Gasteiger partial charge on any atom is -0.454 e. The number of nitrogens with zero attached hydrogens (tertiary/aromatic N) is 1. The van der Waals surface area contributed by atoms with Gasteiger partial charge in [-0.05, 0) is 23.8 Å². The third-order valence-electron chi connectivity index (χ3n) is 4.17. The zero-order valence-electron chi connectivity index (χ0n) is 11.2. The van der Waals surface area contributed by atoms with E-state index in [-0.39, 0.29) is 0 Å². The summed E-state index contributed by atoms with van der Waals surface area (Å²) < 4.78 is 10.8. The highest BCUT2D eigenvalue weighted by molar-refractivity contribution is 5.81. The SMILES string of the molecule is c1ccc2c(c1)Cc1c(-c3ccc4c(c3)OCO4)n[nH]c1-2. The lowest BCUT2D eigenvalue weighted by Gasteiger charge is -2.02. The predicted molar refractivity (Wildman–Crippen MR) is 78.4 cm³/mol. The standard InChI is InChI=1S/C17H12N2O2/c1-2-4-12-10(3-1)7-13-16(18-19-17(12)13)11-5-6-14-15(8-11)21-9-20-14/h1-6,8H,7,9H2,(H,18,19). The minimum atomic E-state index is 0.295. The third kappa shape index (κ3) is 1.47. The molecule has 0 bridgehead atoms. The Balaban J connectivity index is 1.65. The molecule has 1 aromatic heterocycles. The summed E-state index contributed by atoms with van der Waals surface area (Å²) in [5, 5.41) is 7.70. The van der Waals surface area contributed by atoms with Gasteiger partial charge in [-0.2, -0.15) is 5.10 Å². The van der Waals surface area contributed by atoms with Gasteiger partial charge in [0, 0.05) is 23.1 Å². The van der Waals surface area contributed by atoms with Crippen LogP contribution in [0.4, 0.5) is 0 Å². The maximum absolute atomic E-state index is 5.46. The summed E-state index contributed by atoms with van der Waals surface area (Å²) in [6.45, 7) is 0.295. The van der Waals surface area contributed by atoms with E-state index in [2.05, 4.69) is 34.5 Å². The van der Waals surface area contributed by atoms with Crippen LogP contribution in [0.5, 0.6) is 11.5 Å². The molecule has 1 aliphatic carbocycles. The highest BCUT2D eigenvalue weighted by Crippen LogP contribution is 2.42. The van der Waals surface area contributed by atoms with Gasteiger partial charge in [0.05, 0.1) is 11.4 Å². The zero-order chi connectivity index (χ0) is 13.8. The Hall–Kier alpha value is -2.75. The molecule has 1 N–H and O–H groups in total. The molecular formula is C17H12N2O2. The van der Waals surface area contributed by atoms with Crippen molar-refractivity contribution in [2.45, 2.75) is 6.42 Å². The lowest BCUT2D eigenvalue weighted by molar-refractivity contribution is 0.174. The Morgan fingerprint density at radius 3 is 2.90 bits per heavy atom. The van der Waals surface area contributed by atoms with Crippen molar-refractivity contribution in [3.63, 3.8) is 0 Å². The fraction of sp³-hybridized carbons (Fsp3) is 0.118. The van der Waals surface area contributed by atoms with Crippen molar-refractivity contribution >= 4 is 0 Å². The minimum absolute atomic E-state index is 0.295. The van der Waals surface area contributed by atoms with Gasteiger partial charge in [0.15, 0.2) is 11.5 Å². The first-order valence-electron chi connectivity index (χ1n) is 6.96. The summed E-state index contributed by atoms with van der Waals surface area (Å²) in [5.41, 5.74) is 7.06. The van der Waals surface area contributed by atoms with E-state index in [0.717, 1.165) is 34.9 Å². The maximum atomic E-state index is 5.46. The Kier molecular flexibility index (Phi) is 2.03. The second-order valence-electron chi connectivity index (χ2n) is 5.33. The summed E-state index contributed by atoms with van der Waals surface area (Å²) in [6.07, 6.45) is 0.922. The van der Waals surface area contributed by atoms with Crippen molar-refractivity contribution in [2.24, 2.45) is 0 Å². The van der Waals surface area contributed by atoms with Gasteiger partial charge >= 0.3 is 0 Å². The van der Waals surface area contributed by atoms with Crippen LogP contribution in [0.2, 0.25) is 0 Å². The quantitative estimate of drug-likeness (QED) is 0.580. The van der Waals surface area contributed by atoms with Gasteiger partial charge < -0.3 is 9.47 Å². The zero-order valence-corrected chi connectivity index (χ0v) is 11.2. The molecule has 102 valence electrons. The highest BCUT2D eigenvalue weighted by atomic mass is 16.7. The van der Waals surface area contributed by atoms with E-state index in [1.807, 2.05) is 18.2 Å². The van der Waals surface area contributed by atoms with Crippen LogP contribution in [-0.2, 0) is 6.42 Å². The molecular weight excluding hydrogens is 264 g/mol. The summed E-state index contributed by atoms with van der Waals surface area (Å²) in [6, 6.07) is 14.4. The van der Waals surface area contributed by atoms with Crippen molar-refractivity contribution in [1.29, 1.82) is 0 Å². The van der Waals surface area contributed by atoms with Crippen LogP contribution in [-0.4, -0.2) is 17.0 Å². The number of hydrogen-bond donors (Lipinski definition) is 1. The van der Waals surface area contributed by atoms with Gasteiger partial charge in [0.25, 0.3) is 0 Å². The van der Waals surface area contributed by atoms with Crippen molar-refractivity contribution < 1.29 is 9.47 Å². The van der Waals surface area contributed by atoms with Crippen molar-refractivity contribution in [2.75, 3.05) is 6.79 Å². The molecule has 4 heteroatoms. The number of aromatic amines is 1. The highest BCUT2D eigenvalue weighted by Gasteiger charge is 2.25. The number of fused-ring (bicyclic) bond motifs is 4. The van der Waals surface area contributed by atoms with Gasteiger partial charge in [-0.3, -0.25) is 5.10 Å². The smallest absolute Gasteiger partial charge is 0.231 e. The van der Waals surface area contributed by atoms with Gasteiger partial charge in [-0.25, -0.2) is 0 Å². The first-order valence-corrected chi connectivity index (χ1v) is 6.96. The normalized spacial score (nSPS) is 14.1. The van der Waals surface area contributed by atoms with Crippen molar-refractivity contribution in [3.8, 4) is 34.0 Å². The van der Waals surface area contributed by atoms with Gasteiger partial charge in [-0.1, -0.05) is 24.3 Å². The van der Waals surface area contributed by atoms with E-state index in [9.17, 15) is 0 Å². The molecule has 4 nitrogen and oxygen atoms in total. The first kappa shape index (κ1) is 11.0. The number of rotatable bonds is 1. The molecule has 0 unspecified atom stereocenters. The number of benzene rings is 2. The van der Waals surface area contributed by atoms with Gasteiger partial charge in [-0.15, -0.1) is 0 Å². The summed E-state index contributed by atoms with van der Waals surface area (Å²) in [4.78, 5) is 0. The average Bonchev–Trinajstić information content (AvgIpc) is 3.20. The molecule has 3 aromatic rings. The molecule has 2 aromatic carbocycles. The molecule has 0 atom stereocenters.